The van der Waals surface area contributed by atoms with E-state index >= 15 is 0 Å². The van der Waals surface area contributed by atoms with Crippen molar-refractivity contribution in [2.24, 2.45) is 0 Å². The molecule has 0 aromatic carbocycles. The quantitative estimate of drug-likeness (QED) is 0.466. The zero-order chi connectivity index (χ0) is 14.3. The highest BCUT2D eigenvalue weighted by Crippen LogP contribution is 2.17. The Morgan fingerprint density at radius 3 is 2.28 bits per heavy atom. The van der Waals surface area contributed by atoms with Crippen LogP contribution in [0.5, 0.6) is 0 Å². The summed E-state index contributed by atoms with van der Waals surface area (Å²) in [5, 5.41) is 4.90. The number of thiol groups is 1. The lowest BCUT2D eigenvalue weighted by Crippen LogP contribution is -2.55. The Bertz CT molecular complexity index is 325. The summed E-state index contributed by atoms with van der Waals surface area (Å²) in [6, 6.07) is -0.826. The fourth-order valence-corrected chi connectivity index (χ4v) is 1.42. The summed E-state index contributed by atoms with van der Waals surface area (Å²) < 4.78 is 3.93. The molecule has 0 rings (SSSR count). The molecule has 0 aliphatic carbocycles. The van der Waals surface area contributed by atoms with E-state index in [1.807, 2.05) is 0 Å². The van der Waals surface area contributed by atoms with Gasteiger partial charge in [-0.2, -0.15) is 12.6 Å². The highest BCUT2D eigenvalue weighted by molar-refractivity contribution is 7.81. The van der Waals surface area contributed by atoms with E-state index in [2.05, 4.69) is 28.0 Å². The third-order valence-electron chi connectivity index (χ3n) is 2.03. The van der Waals surface area contributed by atoms with Crippen molar-refractivity contribution in [3.05, 3.63) is 0 Å². The van der Waals surface area contributed by atoms with Gasteiger partial charge in [0.15, 0.2) is 0 Å². The topological polar surface area (TPSA) is 84.5 Å². The smallest absolute Gasteiger partial charge is 0.325 e. The Labute approximate surface area is 112 Å². The largest absolute Gasteiger partial charge is 0.465 e. The highest BCUT2D eigenvalue weighted by Gasteiger charge is 2.33. The zero-order valence-corrected chi connectivity index (χ0v) is 12.0. The second kappa shape index (κ2) is 7.25. The molecule has 0 saturated carbocycles. The van der Waals surface area contributed by atoms with Crippen molar-refractivity contribution in [1.82, 2.24) is 10.6 Å². The molecular weight excluding hydrogens is 256 g/mol. The van der Waals surface area contributed by atoms with Gasteiger partial charge in [-0.1, -0.05) is 0 Å². The second-order valence-electron chi connectivity index (χ2n) is 4.31. The lowest BCUT2D eigenvalue weighted by atomic mass is 10.0. The van der Waals surface area contributed by atoms with E-state index in [4.69, 9.17) is 0 Å². The molecule has 0 radical (unpaired) electrons. The second-order valence-corrected chi connectivity index (χ2v) is 5.46. The maximum Gasteiger partial charge on any atom is 0.325 e. The highest BCUT2D eigenvalue weighted by atomic mass is 32.1. The predicted molar refractivity (Wildman–Crippen MR) is 70.3 cm³/mol. The summed E-state index contributed by atoms with van der Waals surface area (Å²) in [5.41, 5.74) is 0. The van der Waals surface area contributed by atoms with Crippen LogP contribution in [0.2, 0.25) is 0 Å². The number of carbonyl (C=O) groups excluding carboxylic acids is 3. The van der Waals surface area contributed by atoms with Gasteiger partial charge in [0, 0.05) is 11.7 Å². The Hall–Kier alpha value is -1.24. The van der Waals surface area contributed by atoms with Gasteiger partial charge in [-0.05, 0) is 20.8 Å². The van der Waals surface area contributed by atoms with Crippen molar-refractivity contribution in [2.75, 3.05) is 13.2 Å². The molecule has 0 aliphatic rings. The van der Waals surface area contributed by atoms with Gasteiger partial charge in [0.2, 0.25) is 11.8 Å². The van der Waals surface area contributed by atoms with Crippen molar-refractivity contribution in [2.45, 2.75) is 38.5 Å². The molecule has 0 aromatic rings. The Morgan fingerprint density at radius 1 is 1.33 bits per heavy atom. The third-order valence-corrected chi connectivity index (χ3v) is 2.29. The molecule has 18 heavy (non-hydrogen) atoms. The summed E-state index contributed by atoms with van der Waals surface area (Å²) in [6.45, 7) is 6.40. The molecule has 2 N–H and O–H groups in total. The minimum Gasteiger partial charge on any atom is -0.465 e. The van der Waals surface area contributed by atoms with Crippen molar-refractivity contribution in [3.8, 4) is 0 Å². The molecule has 0 saturated heterocycles. The number of carbonyl (C=O) groups is 3. The first-order valence-corrected chi connectivity index (χ1v) is 6.06. The van der Waals surface area contributed by atoms with E-state index in [0.29, 0.717) is 0 Å². The van der Waals surface area contributed by atoms with Crippen LogP contribution in [0.3, 0.4) is 0 Å². The maximum absolute atomic E-state index is 11.9. The standard InChI is InChI=1S/C11H20N2O4S/c1-5-17-8(15)6-12-10(16)9(11(3,4)18)13-7(2)14/h9,18H,5-6H2,1-4H3,(H,12,16)(H,13,14)/t9-/m1/s1. The SMILES string of the molecule is CCOC(=O)CNC(=O)[C@@H](NC(C)=O)C(C)(C)S. The number of amides is 2. The first-order chi connectivity index (χ1) is 8.18. The number of rotatable bonds is 6. The van der Waals surface area contributed by atoms with Crippen molar-refractivity contribution < 1.29 is 19.1 Å². The van der Waals surface area contributed by atoms with Crippen LogP contribution in [0, 0.1) is 0 Å². The third kappa shape index (κ3) is 6.48. The molecule has 0 fully saturated rings. The number of hydrogen-bond acceptors (Lipinski definition) is 5. The zero-order valence-electron chi connectivity index (χ0n) is 11.1. The monoisotopic (exact) mass is 276 g/mol. The molecule has 104 valence electrons. The summed E-state index contributed by atoms with van der Waals surface area (Å²) >= 11 is 4.26. The predicted octanol–water partition coefficient (Wildman–Crippen LogP) is -0.121. The van der Waals surface area contributed by atoms with Gasteiger partial charge in [-0.15, -0.1) is 0 Å². The molecular formula is C11H20N2O4S. The first-order valence-electron chi connectivity index (χ1n) is 5.61. The Kier molecular flexibility index (Phi) is 6.75. The van der Waals surface area contributed by atoms with Crippen molar-refractivity contribution in [3.63, 3.8) is 0 Å². The molecule has 1 atom stereocenters. The van der Waals surface area contributed by atoms with Crippen LogP contribution < -0.4 is 10.6 Å². The fraction of sp³-hybridized carbons (Fsp3) is 0.727. The van der Waals surface area contributed by atoms with Crippen LogP contribution in [0.15, 0.2) is 0 Å². The summed E-state index contributed by atoms with van der Waals surface area (Å²) in [4.78, 5) is 34.0. The molecule has 0 aromatic heterocycles. The lowest BCUT2D eigenvalue weighted by Gasteiger charge is -2.28. The number of nitrogens with one attached hydrogen (secondary N) is 2. The summed E-state index contributed by atoms with van der Waals surface area (Å²) in [5.74, 6) is -1.34. The van der Waals surface area contributed by atoms with Crippen LogP contribution in [-0.4, -0.2) is 41.7 Å². The van der Waals surface area contributed by atoms with Crippen LogP contribution in [0.25, 0.3) is 0 Å². The van der Waals surface area contributed by atoms with E-state index in [-0.39, 0.29) is 19.1 Å². The average Bonchev–Trinajstić information content (AvgIpc) is 2.21. The number of esters is 1. The van der Waals surface area contributed by atoms with E-state index in [9.17, 15) is 14.4 Å². The van der Waals surface area contributed by atoms with Gasteiger partial charge in [0.25, 0.3) is 0 Å². The van der Waals surface area contributed by atoms with Gasteiger partial charge >= 0.3 is 5.97 Å². The van der Waals surface area contributed by atoms with E-state index in [0.717, 1.165) is 0 Å². The van der Waals surface area contributed by atoms with Gasteiger partial charge in [0.1, 0.15) is 12.6 Å². The van der Waals surface area contributed by atoms with Gasteiger partial charge in [-0.3, -0.25) is 14.4 Å². The average molecular weight is 276 g/mol. The van der Waals surface area contributed by atoms with Gasteiger partial charge in [0.05, 0.1) is 6.61 Å². The van der Waals surface area contributed by atoms with Gasteiger partial charge in [-0.25, -0.2) is 0 Å². The Balaban J connectivity index is 4.49. The van der Waals surface area contributed by atoms with Crippen LogP contribution in [0.1, 0.15) is 27.7 Å². The number of hydrogen-bond donors (Lipinski definition) is 3. The minimum atomic E-state index is -0.826. The molecule has 7 heteroatoms. The van der Waals surface area contributed by atoms with Crippen LogP contribution in [0.4, 0.5) is 0 Å². The van der Waals surface area contributed by atoms with Crippen LogP contribution in [-0.2, 0) is 19.1 Å². The van der Waals surface area contributed by atoms with Crippen molar-refractivity contribution in [1.29, 1.82) is 0 Å². The van der Waals surface area contributed by atoms with E-state index in [1.165, 1.54) is 6.92 Å². The molecule has 6 nitrogen and oxygen atoms in total. The minimum absolute atomic E-state index is 0.230. The van der Waals surface area contributed by atoms with Crippen molar-refractivity contribution >= 4 is 30.4 Å². The molecule has 0 bridgehead atoms. The molecule has 0 unspecified atom stereocenters. The maximum atomic E-state index is 11.9. The van der Waals surface area contributed by atoms with E-state index in [1.54, 1.807) is 20.8 Å². The molecule has 0 aliphatic heterocycles. The fourth-order valence-electron chi connectivity index (χ4n) is 1.24. The number of ether oxygens (including phenoxy) is 1. The normalized spacial score (nSPS) is 12.5. The first kappa shape index (κ1) is 16.8. The summed E-state index contributed by atoms with van der Waals surface area (Å²) in [6.07, 6.45) is 0. The van der Waals surface area contributed by atoms with Crippen LogP contribution >= 0.6 is 12.6 Å². The summed E-state index contributed by atoms with van der Waals surface area (Å²) in [7, 11) is 0. The molecule has 2 amide bonds. The molecule has 0 heterocycles. The Morgan fingerprint density at radius 2 is 1.89 bits per heavy atom. The lowest BCUT2D eigenvalue weighted by molar-refractivity contribution is -0.143. The van der Waals surface area contributed by atoms with Gasteiger partial charge < -0.3 is 15.4 Å². The molecule has 0 spiro atoms. The van der Waals surface area contributed by atoms with E-state index < -0.39 is 22.7 Å².